The number of ether oxygens (including phenoxy) is 2. The number of allylic oxidation sites excluding steroid dienone is 1. The number of nitro benzene ring substituents is 1. The van der Waals surface area contributed by atoms with Crippen molar-refractivity contribution < 1.29 is 19.2 Å². The number of carbonyl (C=O) groups excluding carboxylic acids is 1. The maximum absolute atomic E-state index is 11.2. The number of hydrogen-bond acceptors (Lipinski definition) is 5. The monoisotopic (exact) mass is 328 g/mol. The summed E-state index contributed by atoms with van der Waals surface area (Å²) in [4.78, 5) is 21.7. The number of benzene rings is 2. The third-order valence-electron chi connectivity index (χ3n) is 3.27. The SMILES string of the molecule is C=CCc1ccc(Oc2ccc(C(N)=O)cc2[N+](=O)[O-])c(OC)c1. The Hall–Kier alpha value is -3.35. The number of rotatable bonds is 7. The van der Waals surface area contributed by atoms with Gasteiger partial charge < -0.3 is 15.2 Å². The Bertz CT molecular complexity index is 802. The van der Waals surface area contributed by atoms with E-state index >= 15 is 0 Å². The van der Waals surface area contributed by atoms with Crippen LogP contribution in [-0.2, 0) is 6.42 Å². The van der Waals surface area contributed by atoms with Crippen molar-refractivity contribution in [2.24, 2.45) is 5.73 Å². The fraction of sp³-hybridized carbons (Fsp3) is 0.118. The second kappa shape index (κ2) is 7.28. The number of primary amides is 1. The molecule has 24 heavy (non-hydrogen) atoms. The predicted octanol–water partition coefficient (Wildman–Crippen LogP) is 3.22. The molecule has 0 atom stereocenters. The molecular weight excluding hydrogens is 312 g/mol. The quantitative estimate of drug-likeness (QED) is 0.477. The van der Waals surface area contributed by atoms with Crippen LogP contribution in [0, 0.1) is 10.1 Å². The molecule has 0 unspecified atom stereocenters. The second-order valence-corrected chi connectivity index (χ2v) is 4.88. The maximum atomic E-state index is 11.2. The third-order valence-corrected chi connectivity index (χ3v) is 3.27. The molecule has 7 heteroatoms. The molecule has 0 spiro atoms. The Balaban J connectivity index is 2.42. The highest BCUT2D eigenvalue weighted by Crippen LogP contribution is 2.37. The molecule has 0 radical (unpaired) electrons. The lowest BCUT2D eigenvalue weighted by Crippen LogP contribution is -2.11. The average Bonchev–Trinajstić information content (AvgIpc) is 2.56. The van der Waals surface area contributed by atoms with Crippen molar-refractivity contribution >= 4 is 11.6 Å². The van der Waals surface area contributed by atoms with Gasteiger partial charge in [0.25, 0.3) is 0 Å². The first-order valence-electron chi connectivity index (χ1n) is 7.00. The van der Waals surface area contributed by atoms with E-state index in [1.165, 1.54) is 19.2 Å². The van der Waals surface area contributed by atoms with Crippen molar-refractivity contribution in [3.05, 3.63) is 70.3 Å². The molecule has 0 fully saturated rings. The molecule has 0 aliphatic heterocycles. The van der Waals surface area contributed by atoms with Crippen molar-refractivity contribution in [1.29, 1.82) is 0 Å². The molecule has 0 heterocycles. The van der Waals surface area contributed by atoms with E-state index in [-0.39, 0.29) is 17.0 Å². The number of carbonyl (C=O) groups is 1. The third kappa shape index (κ3) is 3.70. The van der Waals surface area contributed by atoms with Crippen LogP contribution in [-0.4, -0.2) is 17.9 Å². The zero-order valence-corrected chi connectivity index (χ0v) is 13.0. The highest BCUT2D eigenvalue weighted by Gasteiger charge is 2.19. The fourth-order valence-corrected chi connectivity index (χ4v) is 2.11. The zero-order valence-electron chi connectivity index (χ0n) is 13.0. The Labute approximate surface area is 138 Å². The first-order chi connectivity index (χ1) is 11.5. The number of nitro groups is 1. The molecule has 0 aliphatic rings. The molecule has 2 rings (SSSR count). The van der Waals surface area contributed by atoms with E-state index in [0.29, 0.717) is 17.9 Å². The maximum Gasteiger partial charge on any atom is 0.312 e. The molecule has 0 bridgehead atoms. The largest absolute Gasteiger partial charge is 0.493 e. The first-order valence-corrected chi connectivity index (χ1v) is 7.00. The summed E-state index contributed by atoms with van der Waals surface area (Å²) in [5, 5.41) is 11.2. The molecule has 0 saturated heterocycles. The van der Waals surface area contributed by atoms with Crippen LogP contribution in [0.5, 0.6) is 17.2 Å². The lowest BCUT2D eigenvalue weighted by atomic mass is 10.1. The fourth-order valence-electron chi connectivity index (χ4n) is 2.11. The Morgan fingerprint density at radius 1 is 1.25 bits per heavy atom. The minimum Gasteiger partial charge on any atom is -0.493 e. The van der Waals surface area contributed by atoms with Gasteiger partial charge in [-0.1, -0.05) is 12.1 Å². The summed E-state index contributed by atoms with van der Waals surface area (Å²) < 4.78 is 10.9. The number of methoxy groups -OCH3 is 1. The summed E-state index contributed by atoms with van der Waals surface area (Å²) in [6.45, 7) is 3.67. The van der Waals surface area contributed by atoms with E-state index in [1.54, 1.807) is 18.2 Å². The van der Waals surface area contributed by atoms with Crippen molar-refractivity contribution in [3.63, 3.8) is 0 Å². The second-order valence-electron chi connectivity index (χ2n) is 4.88. The van der Waals surface area contributed by atoms with Gasteiger partial charge in [0.2, 0.25) is 11.7 Å². The van der Waals surface area contributed by atoms with E-state index in [2.05, 4.69) is 6.58 Å². The normalized spacial score (nSPS) is 10.0. The van der Waals surface area contributed by atoms with Gasteiger partial charge in [0, 0.05) is 11.6 Å². The highest BCUT2D eigenvalue weighted by molar-refractivity contribution is 5.93. The van der Waals surface area contributed by atoms with Gasteiger partial charge in [-0.05, 0) is 36.2 Å². The summed E-state index contributed by atoms with van der Waals surface area (Å²) >= 11 is 0. The summed E-state index contributed by atoms with van der Waals surface area (Å²) in [6, 6.07) is 9.00. The van der Waals surface area contributed by atoms with E-state index in [9.17, 15) is 14.9 Å². The van der Waals surface area contributed by atoms with Crippen LogP contribution in [0.3, 0.4) is 0 Å². The van der Waals surface area contributed by atoms with E-state index in [4.69, 9.17) is 15.2 Å². The summed E-state index contributed by atoms with van der Waals surface area (Å²) in [5.41, 5.74) is 5.78. The van der Waals surface area contributed by atoms with Gasteiger partial charge in [0.1, 0.15) is 0 Å². The average molecular weight is 328 g/mol. The van der Waals surface area contributed by atoms with E-state index < -0.39 is 10.8 Å². The molecule has 0 aliphatic carbocycles. The van der Waals surface area contributed by atoms with Crippen LogP contribution in [0.1, 0.15) is 15.9 Å². The molecule has 0 aromatic heterocycles. The summed E-state index contributed by atoms with van der Waals surface area (Å²) in [5.74, 6) is -0.0151. The minimum atomic E-state index is -0.754. The van der Waals surface area contributed by atoms with Crippen LogP contribution in [0.15, 0.2) is 49.1 Å². The van der Waals surface area contributed by atoms with Gasteiger partial charge >= 0.3 is 5.69 Å². The van der Waals surface area contributed by atoms with Crippen LogP contribution in [0.4, 0.5) is 5.69 Å². The van der Waals surface area contributed by atoms with Gasteiger partial charge in [-0.2, -0.15) is 0 Å². The zero-order chi connectivity index (χ0) is 17.7. The van der Waals surface area contributed by atoms with Crippen molar-refractivity contribution in [1.82, 2.24) is 0 Å². The van der Waals surface area contributed by atoms with Gasteiger partial charge in [-0.15, -0.1) is 6.58 Å². The molecule has 0 saturated carbocycles. The Kier molecular flexibility index (Phi) is 5.16. The van der Waals surface area contributed by atoms with Crippen LogP contribution in [0.25, 0.3) is 0 Å². The van der Waals surface area contributed by atoms with Crippen LogP contribution >= 0.6 is 0 Å². The number of nitrogens with zero attached hydrogens (tertiary/aromatic N) is 1. The van der Waals surface area contributed by atoms with E-state index in [1.807, 2.05) is 6.07 Å². The van der Waals surface area contributed by atoms with Crippen LogP contribution < -0.4 is 15.2 Å². The number of nitrogens with two attached hydrogens (primary N) is 1. The number of amides is 1. The topological polar surface area (TPSA) is 105 Å². The lowest BCUT2D eigenvalue weighted by molar-refractivity contribution is -0.385. The minimum absolute atomic E-state index is 0.0141. The highest BCUT2D eigenvalue weighted by atomic mass is 16.6. The molecule has 2 aromatic carbocycles. The van der Waals surface area contributed by atoms with Crippen molar-refractivity contribution in [3.8, 4) is 17.2 Å². The predicted molar refractivity (Wildman–Crippen MR) is 88.6 cm³/mol. The number of hydrogen-bond donors (Lipinski definition) is 1. The summed E-state index contributed by atoms with van der Waals surface area (Å²) in [7, 11) is 1.48. The van der Waals surface area contributed by atoms with E-state index in [0.717, 1.165) is 11.6 Å². The lowest BCUT2D eigenvalue weighted by Gasteiger charge is -2.12. The molecule has 1 amide bonds. The standard InChI is InChI=1S/C17H16N2O5/c1-3-4-11-5-7-15(16(9-11)23-2)24-14-8-6-12(17(18)20)10-13(14)19(21)22/h3,5-10H,1,4H2,2H3,(H2,18,20). The van der Waals surface area contributed by atoms with Crippen LogP contribution in [0.2, 0.25) is 0 Å². The smallest absolute Gasteiger partial charge is 0.312 e. The summed E-state index contributed by atoms with van der Waals surface area (Å²) in [6.07, 6.45) is 2.41. The van der Waals surface area contributed by atoms with Crippen molar-refractivity contribution in [2.45, 2.75) is 6.42 Å². The molecule has 2 N–H and O–H groups in total. The van der Waals surface area contributed by atoms with Crippen molar-refractivity contribution in [2.75, 3.05) is 7.11 Å². The molecule has 2 aromatic rings. The Morgan fingerprint density at radius 2 is 1.96 bits per heavy atom. The van der Waals surface area contributed by atoms with Gasteiger partial charge in [-0.25, -0.2) is 0 Å². The van der Waals surface area contributed by atoms with Gasteiger partial charge in [0.05, 0.1) is 12.0 Å². The molecule has 7 nitrogen and oxygen atoms in total. The van der Waals surface area contributed by atoms with Gasteiger partial charge in [0.15, 0.2) is 11.5 Å². The van der Waals surface area contributed by atoms with Gasteiger partial charge in [-0.3, -0.25) is 14.9 Å². The first kappa shape index (κ1) is 17.0. The molecular formula is C17H16N2O5. The Morgan fingerprint density at radius 3 is 2.54 bits per heavy atom. The molecule has 124 valence electrons.